The van der Waals surface area contributed by atoms with Gasteiger partial charge in [0.1, 0.15) is 23.4 Å². The molecule has 1 amide bonds. The first-order valence-corrected chi connectivity index (χ1v) is 11.2. The molecular weight excluding hydrogens is 418 g/mol. The van der Waals surface area contributed by atoms with Crippen molar-refractivity contribution in [3.05, 3.63) is 94.4 Å². The van der Waals surface area contributed by atoms with Crippen LogP contribution < -0.4 is 4.74 Å². The number of hydrogen-bond donors (Lipinski definition) is 1. The normalized spacial score (nSPS) is 21.3. The van der Waals surface area contributed by atoms with Gasteiger partial charge in [-0.15, -0.1) is 0 Å². The zero-order valence-corrected chi connectivity index (χ0v) is 18.6. The summed E-state index contributed by atoms with van der Waals surface area (Å²) in [6.07, 6.45) is 3.20. The molecule has 0 saturated carbocycles. The highest BCUT2D eigenvalue weighted by atomic mass is 16.5. The maximum atomic E-state index is 13.2. The first-order valence-electron chi connectivity index (χ1n) is 11.2. The van der Waals surface area contributed by atoms with Crippen molar-refractivity contribution in [1.29, 1.82) is 0 Å². The Morgan fingerprint density at radius 1 is 1.12 bits per heavy atom. The second-order valence-electron chi connectivity index (χ2n) is 8.56. The molecule has 2 atom stereocenters. The van der Waals surface area contributed by atoms with Crippen LogP contribution in [0.1, 0.15) is 47.9 Å². The molecule has 1 N–H and O–H groups in total. The maximum absolute atomic E-state index is 13.2. The van der Waals surface area contributed by atoms with Crippen molar-refractivity contribution in [2.24, 2.45) is 0 Å². The van der Waals surface area contributed by atoms with Gasteiger partial charge >= 0.3 is 0 Å². The molecule has 33 heavy (non-hydrogen) atoms. The summed E-state index contributed by atoms with van der Waals surface area (Å²) in [7, 11) is 0. The summed E-state index contributed by atoms with van der Waals surface area (Å²) in [4.78, 5) is 27.7. The van der Waals surface area contributed by atoms with Crippen LogP contribution in [0.5, 0.6) is 5.75 Å². The predicted molar refractivity (Wildman–Crippen MR) is 123 cm³/mol. The number of ether oxygens (including phenoxy) is 1. The van der Waals surface area contributed by atoms with Gasteiger partial charge in [0.2, 0.25) is 0 Å². The lowest BCUT2D eigenvalue weighted by atomic mass is 9.93. The van der Waals surface area contributed by atoms with Gasteiger partial charge in [-0.1, -0.05) is 31.2 Å². The van der Waals surface area contributed by atoms with E-state index in [-0.39, 0.29) is 24.0 Å². The molecule has 1 saturated heterocycles. The Labute approximate surface area is 192 Å². The molecule has 6 nitrogen and oxygen atoms in total. The van der Waals surface area contributed by atoms with E-state index in [1.165, 1.54) is 11.2 Å². The van der Waals surface area contributed by atoms with Crippen molar-refractivity contribution in [3.8, 4) is 5.75 Å². The van der Waals surface area contributed by atoms with Crippen molar-refractivity contribution in [3.63, 3.8) is 0 Å². The molecule has 3 heterocycles. The summed E-state index contributed by atoms with van der Waals surface area (Å²) in [5.74, 6) is -0.189. The number of fused-ring (bicyclic) bond motifs is 1. The molecule has 2 aromatic carbocycles. The monoisotopic (exact) mass is 443 g/mol. The Balaban J connectivity index is 1.62. The standard InChI is InChI=1S/C27H25NO5/c1-3-17-6-8-18(9-7-17)24-23(26(30)27(31)28(24)15-21-5-4-12-32-21)25(29)19-10-11-22-20(14-19)13-16(2)33-22/h4-12,14,16,24,29H,3,13,15H2,1-2H3/b25-23+. The number of ketones is 1. The minimum absolute atomic E-state index is 0.0633. The molecule has 2 aliphatic heterocycles. The van der Waals surface area contributed by atoms with E-state index in [4.69, 9.17) is 9.15 Å². The molecule has 5 rings (SSSR count). The van der Waals surface area contributed by atoms with Crippen LogP contribution >= 0.6 is 0 Å². The van der Waals surface area contributed by atoms with E-state index in [0.29, 0.717) is 11.3 Å². The molecule has 2 unspecified atom stereocenters. The van der Waals surface area contributed by atoms with Gasteiger partial charge in [-0.25, -0.2) is 0 Å². The van der Waals surface area contributed by atoms with E-state index < -0.39 is 17.7 Å². The first-order chi connectivity index (χ1) is 16.0. The van der Waals surface area contributed by atoms with Gasteiger partial charge in [0.25, 0.3) is 11.7 Å². The molecule has 0 radical (unpaired) electrons. The van der Waals surface area contributed by atoms with Crippen molar-refractivity contribution in [1.82, 2.24) is 4.90 Å². The number of likely N-dealkylation sites (tertiary alicyclic amines) is 1. The van der Waals surface area contributed by atoms with Crippen molar-refractivity contribution >= 4 is 17.4 Å². The number of furan rings is 1. The quantitative estimate of drug-likeness (QED) is 0.349. The summed E-state index contributed by atoms with van der Waals surface area (Å²) in [5, 5.41) is 11.3. The van der Waals surface area contributed by atoms with Gasteiger partial charge in [0.05, 0.1) is 24.4 Å². The topological polar surface area (TPSA) is 80.0 Å². The number of Topliss-reactive ketones (excluding diaryl/α,β-unsaturated/α-hetero) is 1. The number of aliphatic hydroxyl groups excluding tert-OH is 1. The Bertz CT molecular complexity index is 1240. The van der Waals surface area contributed by atoms with Crippen LogP contribution in [0, 0.1) is 0 Å². The highest BCUT2D eigenvalue weighted by molar-refractivity contribution is 6.46. The number of amides is 1. The van der Waals surface area contributed by atoms with E-state index in [1.54, 1.807) is 24.3 Å². The molecule has 3 aromatic rings. The van der Waals surface area contributed by atoms with Gasteiger partial charge in [-0.3, -0.25) is 9.59 Å². The number of aryl methyl sites for hydroxylation is 1. The average molecular weight is 443 g/mol. The maximum Gasteiger partial charge on any atom is 0.296 e. The largest absolute Gasteiger partial charge is 0.507 e. The molecule has 0 bridgehead atoms. The lowest BCUT2D eigenvalue weighted by molar-refractivity contribution is -0.140. The Morgan fingerprint density at radius 3 is 2.61 bits per heavy atom. The number of carbonyl (C=O) groups excluding carboxylic acids is 2. The second-order valence-corrected chi connectivity index (χ2v) is 8.56. The first kappa shape index (κ1) is 21.1. The fourth-order valence-electron chi connectivity index (χ4n) is 4.62. The summed E-state index contributed by atoms with van der Waals surface area (Å²) < 4.78 is 11.2. The van der Waals surface area contributed by atoms with Gasteiger partial charge < -0.3 is 19.2 Å². The van der Waals surface area contributed by atoms with Crippen LogP contribution in [-0.2, 0) is 29.0 Å². The number of nitrogens with zero attached hydrogens (tertiary/aromatic N) is 1. The van der Waals surface area contributed by atoms with E-state index in [9.17, 15) is 14.7 Å². The highest BCUT2D eigenvalue weighted by Crippen LogP contribution is 2.41. The molecule has 0 aliphatic carbocycles. The van der Waals surface area contributed by atoms with Crippen LogP contribution in [0.3, 0.4) is 0 Å². The molecule has 0 spiro atoms. The van der Waals surface area contributed by atoms with Gasteiger partial charge in [-0.05, 0) is 60.4 Å². The molecular formula is C27H25NO5. The Hall–Kier alpha value is -3.80. The summed E-state index contributed by atoms with van der Waals surface area (Å²) in [6, 6.07) is 15.9. The third kappa shape index (κ3) is 3.71. The zero-order valence-electron chi connectivity index (χ0n) is 18.6. The van der Waals surface area contributed by atoms with Crippen molar-refractivity contribution < 1.29 is 23.8 Å². The van der Waals surface area contributed by atoms with Gasteiger partial charge in [0.15, 0.2) is 0 Å². The number of benzene rings is 2. The third-order valence-corrected chi connectivity index (χ3v) is 6.32. The minimum Gasteiger partial charge on any atom is -0.507 e. The van der Waals surface area contributed by atoms with Crippen LogP contribution in [-0.4, -0.2) is 27.8 Å². The predicted octanol–water partition coefficient (Wildman–Crippen LogP) is 4.79. The average Bonchev–Trinajstić information content (AvgIpc) is 3.53. The van der Waals surface area contributed by atoms with E-state index >= 15 is 0 Å². The number of hydrogen-bond acceptors (Lipinski definition) is 5. The number of aliphatic hydroxyl groups is 1. The molecule has 1 aromatic heterocycles. The second kappa shape index (κ2) is 8.28. The zero-order chi connectivity index (χ0) is 23.1. The summed E-state index contributed by atoms with van der Waals surface area (Å²) in [6.45, 7) is 4.18. The highest BCUT2D eigenvalue weighted by Gasteiger charge is 2.46. The van der Waals surface area contributed by atoms with Gasteiger partial charge in [0, 0.05) is 12.0 Å². The summed E-state index contributed by atoms with van der Waals surface area (Å²) >= 11 is 0. The van der Waals surface area contributed by atoms with E-state index in [2.05, 4.69) is 6.92 Å². The van der Waals surface area contributed by atoms with Crippen LogP contribution in [0.15, 0.2) is 70.9 Å². The van der Waals surface area contributed by atoms with Crippen molar-refractivity contribution in [2.45, 2.75) is 45.4 Å². The summed E-state index contributed by atoms with van der Waals surface area (Å²) in [5.41, 5.74) is 3.47. The van der Waals surface area contributed by atoms with E-state index in [1.807, 2.05) is 37.3 Å². The SMILES string of the molecule is CCc1ccc(C2/C(=C(\O)c3ccc4c(c3)CC(C)O4)C(=O)C(=O)N2Cc2ccco2)cc1. The van der Waals surface area contributed by atoms with Gasteiger partial charge in [-0.2, -0.15) is 0 Å². The smallest absolute Gasteiger partial charge is 0.296 e. The lowest BCUT2D eigenvalue weighted by Crippen LogP contribution is -2.29. The lowest BCUT2D eigenvalue weighted by Gasteiger charge is -2.24. The fourth-order valence-corrected chi connectivity index (χ4v) is 4.62. The number of rotatable bonds is 5. The van der Waals surface area contributed by atoms with Crippen LogP contribution in [0.2, 0.25) is 0 Å². The van der Waals surface area contributed by atoms with E-state index in [0.717, 1.165) is 35.3 Å². The third-order valence-electron chi connectivity index (χ3n) is 6.32. The molecule has 1 fully saturated rings. The minimum atomic E-state index is -0.718. The molecule has 168 valence electrons. The Kier molecular flexibility index (Phi) is 5.29. The fraction of sp³-hybridized carbons (Fsp3) is 0.259. The molecule has 6 heteroatoms. The molecule has 2 aliphatic rings. The number of carbonyl (C=O) groups is 2. The Morgan fingerprint density at radius 2 is 1.91 bits per heavy atom. The van der Waals surface area contributed by atoms with Crippen LogP contribution in [0.4, 0.5) is 0 Å². The van der Waals surface area contributed by atoms with Crippen LogP contribution in [0.25, 0.3) is 5.76 Å². The van der Waals surface area contributed by atoms with Crippen molar-refractivity contribution in [2.75, 3.05) is 0 Å².